The fourth-order valence-corrected chi connectivity index (χ4v) is 6.66. The Hall–Kier alpha value is -3.21. The van der Waals surface area contributed by atoms with Crippen LogP contribution in [0, 0.1) is 0 Å². The molecule has 0 saturated heterocycles. The number of unbranched alkanes of at least 4 members (excludes halogenated alkanes) is 18. The van der Waals surface area contributed by atoms with Crippen LogP contribution in [0.2, 0.25) is 0 Å². The summed E-state index contributed by atoms with van der Waals surface area (Å²) in [6.07, 6.45) is 77.6. The van der Waals surface area contributed by atoms with E-state index in [0.717, 1.165) is 83.5 Å². The molecule has 0 rings (SSSR count). The third kappa shape index (κ3) is 45.9. The van der Waals surface area contributed by atoms with Crippen molar-refractivity contribution < 1.29 is 15.0 Å². The van der Waals surface area contributed by atoms with E-state index in [4.69, 9.17) is 0 Å². The van der Waals surface area contributed by atoms with E-state index in [-0.39, 0.29) is 12.5 Å². The van der Waals surface area contributed by atoms with Gasteiger partial charge < -0.3 is 15.5 Å². The molecular weight excluding hydrogens is 735 g/mol. The Morgan fingerprint density at radius 3 is 1.17 bits per heavy atom. The van der Waals surface area contributed by atoms with Crippen LogP contribution in [0.4, 0.5) is 0 Å². The van der Waals surface area contributed by atoms with Gasteiger partial charge in [0.15, 0.2) is 0 Å². The lowest BCUT2D eigenvalue weighted by atomic mass is 10.0. The van der Waals surface area contributed by atoms with Crippen molar-refractivity contribution in [3.8, 4) is 0 Å². The molecule has 3 N–H and O–H groups in total. The second kappa shape index (κ2) is 50.1. The maximum Gasteiger partial charge on any atom is 0.220 e. The van der Waals surface area contributed by atoms with Crippen LogP contribution >= 0.6 is 0 Å². The third-order valence-electron chi connectivity index (χ3n) is 10.4. The Morgan fingerprint density at radius 2 is 0.750 bits per heavy atom. The molecule has 0 aromatic carbocycles. The first kappa shape index (κ1) is 56.8. The summed E-state index contributed by atoms with van der Waals surface area (Å²) in [6.45, 7) is 4.13. The topological polar surface area (TPSA) is 69.6 Å². The SMILES string of the molecule is CC/C=C\C/C=C\C/C=C\C/C=C\C/C=C\C/C=C\C/C=C\CCCCCCCCCCCCCCCC(=O)NC(CO)C(O)/C=C/CC/C=C/CC/C=C/CCCCC. The minimum absolute atomic E-state index is 0.0860. The first-order valence-corrected chi connectivity index (χ1v) is 24.7. The van der Waals surface area contributed by atoms with E-state index < -0.39 is 12.1 Å². The van der Waals surface area contributed by atoms with Crippen LogP contribution < -0.4 is 5.32 Å². The van der Waals surface area contributed by atoms with Gasteiger partial charge in [-0.1, -0.05) is 219 Å². The summed E-state index contributed by atoms with van der Waals surface area (Å²) in [4.78, 5) is 12.4. The summed E-state index contributed by atoms with van der Waals surface area (Å²) in [5.41, 5.74) is 0. The summed E-state index contributed by atoms with van der Waals surface area (Å²) in [6, 6.07) is -0.652. The van der Waals surface area contributed by atoms with Gasteiger partial charge in [-0.25, -0.2) is 0 Å². The van der Waals surface area contributed by atoms with Crippen LogP contribution in [0.1, 0.15) is 206 Å². The standard InChI is InChI=1S/C56H93NO3/c1-3-5-7-9-11-13-15-17-18-19-20-21-22-23-24-25-26-27-28-29-30-31-32-33-34-35-36-37-38-40-42-44-46-48-50-52-56(60)57-54(53-58)55(59)51-49-47-45-43-41-39-16-14-12-10-8-6-4-2/h5,7,11-14,17-18,20-21,23-24,26-27,29-30,41,43,49,51,54-55,58-59H,3-4,6,8-10,15-16,19,22,25,28,31-40,42,44-48,50,52-53H2,1-2H3,(H,57,60)/b7-5-,13-11-,14-12+,18-17-,21-20-,24-23-,27-26-,30-29-,43-41+,51-49+. The average molecular weight is 828 g/mol. The number of rotatable bonds is 43. The Morgan fingerprint density at radius 1 is 0.417 bits per heavy atom. The predicted octanol–water partition coefficient (Wildman–Crippen LogP) is 16.1. The van der Waals surface area contributed by atoms with Gasteiger partial charge in [0.1, 0.15) is 0 Å². The smallest absolute Gasteiger partial charge is 0.220 e. The average Bonchev–Trinajstić information content (AvgIpc) is 3.25. The number of carbonyl (C=O) groups excluding carboxylic acids is 1. The van der Waals surface area contributed by atoms with Gasteiger partial charge in [0.05, 0.1) is 18.8 Å². The van der Waals surface area contributed by atoms with Crippen LogP contribution in [0.25, 0.3) is 0 Å². The van der Waals surface area contributed by atoms with Gasteiger partial charge in [-0.3, -0.25) is 4.79 Å². The number of aliphatic hydroxyl groups is 2. The van der Waals surface area contributed by atoms with Gasteiger partial charge in [-0.05, 0) is 103 Å². The first-order valence-electron chi connectivity index (χ1n) is 24.7. The molecule has 0 aliphatic heterocycles. The Balaban J connectivity index is 3.59. The number of amides is 1. The Labute approximate surface area is 371 Å². The Kier molecular flexibility index (Phi) is 47.5. The molecule has 0 aromatic heterocycles. The van der Waals surface area contributed by atoms with E-state index in [9.17, 15) is 15.0 Å². The molecule has 2 atom stereocenters. The molecule has 0 aromatic rings. The van der Waals surface area contributed by atoms with Gasteiger partial charge >= 0.3 is 0 Å². The summed E-state index contributed by atoms with van der Waals surface area (Å²) in [7, 11) is 0. The number of aliphatic hydroxyl groups excluding tert-OH is 2. The minimum Gasteiger partial charge on any atom is -0.394 e. The van der Waals surface area contributed by atoms with Gasteiger partial charge in [0.2, 0.25) is 5.91 Å². The van der Waals surface area contributed by atoms with Crippen LogP contribution in [-0.2, 0) is 4.79 Å². The van der Waals surface area contributed by atoms with E-state index in [1.54, 1.807) is 6.08 Å². The van der Waals surface area contributed by atoms with Crippen molar-refractivity contribution in [2.24, 2.45) is 0 Å². The normalized spacial score (nSPS) is 14.0. The largest absolute Gasteiger partial charge is 0.394 e. The van der Waals surface area contributed by atoms with E-state index in [1.807, 2.05) is 6.08 Å². The molecule has 4 nitrogen and oxygen atoms in total. The monoisotopic (exact) mass is 828 g/mol. The quantitative estimate of drug-likeness (QED) is 0.0424. The number of hydrogen-bond acceptors (Lipinski definition) is 3. The molecule has 1 amide bonds. The van der Waals surface area contributed by atoms with Crippen LogP contribution in [0.15, 0.2) is 122 Å². The van der Waals surface area contributed by atoms with Crippen molar-refractivity contribution in [2.75, 3.05) is 6.61 Å². The molecule has 0 aliphatic rings. The predicted molar refractivity (Wildman–Crippen MR) is 266 cm³/mol. The molecule has 0 radical (unpaired) electrons. The summed E-state index contributed by atoms with van der Waals surface area (Å²) >= 11 is 0. The number of allylic oxidation sites excluding steroid dienone is 19. The van der Waals surface area contributed by atoms with Crippen molar-refractivity contribution >= 4 is 5.91 Å². The molecule has 0 bridgehead atoms. The second-order valence-corrected chi connectivity index (χ2v) is 16.1. The highest BCUT2D eigenvalue weighted by molar-refractivity contribution is 5.76. The molecule has 0 saturated carbocycles. The molecule has 0 aliphatic carbocycles. The highest BCUT2D eigenvalue weighted by Crippen LogP contribution is 2.14. The number of carbonyl (C=O) groups is 1. The van der Waals surface area contributed by atoms with Crippen LogP contribution in [-0.4, -0.2) is 34.9 Å². The van der Waals surface area contributed by atoms with Gasteiger partial charge in [-0.15, -0.1) is 0 Å². The van der Waals surface area contributed by atoms with E-state index in [1.165, 1.54) is 103 Å². The minimum atomic E-state index is -0.876. The lowest BCUT2D eigenvalue weighted by Gasteiger charge is -2.19. The summed E-state index contributed by atoms with van der Waals surface area (Å²) in [5, 5.41) is 23.0. The molecule has 60 heavy (non-hydrogen) atoms. The van der Waals surface area contributed by atoms with E-state index in [0.29, 0.717) is 6.42 Å². The molecular formula is C56H93NO3. The van der Waals surface area contributed by atoms with Crippen molar-refractivity contribution in [2.45, 2.75) is 219 Å². The zero-order valence-electron chi connectivity index (χ0n) is 38.9. The van der Waals surface area contributed by atoms with Crippen LogP contribution in [0.3, 0.4) is 0 Å². The highest BCUT2D eigenvalue weighted by Gasteiger charge is 2.17. The lowest BCUT2D eigenvalue weighted by molar-refractivity contribution is -0.123. The van der Waals surface area contributed by atoms with Gasteiger partial charge in [0.25, 0.3) is 0 Å². The molecule has 0 spiro atoms. The van der Waals surface area contributed by atoms with Crippen LogP contribution in [0.5, 0.6) is 0 Å². The van der Waals surface area contributed by atoms with E-state index in [2.05, 4.69) is 129 Å². The fourth-order valence-electron chi connectivity index (χ4n) is 6.66. The van der Waals surface area contributed by atoms with Crippen molar-refractivity contribution in [3.63, 3.8) is 0 Å². The maximum absolute atomic E-state index is 12.4. The molecule has 2 unspecified atom stereocenters. The number of nitrogens with one attached hydrogen (secondary N) is 1. The van der Waals surface area contributed by atoms with Crippen molar-refractivity contribution in [1.29, 1.82) is 0 Å². The summed E-state index contributed by atoms with van der Waals surface area (Å²) in [5.74, 6) is -0.0860. The molecule has 0 heterocycles. The second-order valence-electron chi connectivity index (χ2n) is 16.1. The van der Waals surface area contributed by atoms with E-state index >= 15 is 0 Å². The molecule has 0 fully saturated rings. The summed E-state index contributed by atoms with van der Waals surface area (Å²) < 4.78 is 0. The first-order chi connectivity index (χ1) is 29.7. The Bertz CT molecular complexity index is 1210. The number of hydrogen-bond donors (Lipinski definition) is 3. The van der Waals surface area contributed by atoms with Gasteiger partial charge in [0, 0.05) is 6.42 Å². The zero-order valence-corrected chi connectivity index (χ0v) is 38.9. The third-order valence-corrected chi connectivity index (χ3v) is 10.4. The lowest BCUT2D eigenvalue weighted by Crippen LogP contribution is -2.45. The van der Waals surface area contributed by atoms with Gasteiger partial charge in [-0.2, -0.15) is 0 Å². The van der Waals surface area contributed by atoms with Crippen molar-refractivity contribution in [1.82, 2.24) is 5.32 Å². The molecule has 340 valence electrons. The highest BCUT2D eigenvalue weighted by atomic mass is 16.3. The molecule has 4 heteroatoms. The maximum atomic E-state index is 12.4. The van der Waals surface area contributed by atoms with Crippen molar-refractivity contribution in [3.05, 3.63) is 122 Å². The fraction of sp³-hybridized carbons (Fsp3) is 0.625. The zero-order chi connectivity index (χ0) is 43.5.